The maximum absolute atomic E-state index is 12.6. The van der Waals surface area contributed by atoms with Crippen molar-refractivity contribution in [3.05, 3.63) is 11.3 Å². The number of hydrogen-bond acceptors (Lipinski definition) is 5. The standard InChI is InChI=1S/C13H25N5O2S/c1-4-14-8-12-10(2)15-16-13(12)21(19,20)17-11-6-5-7-18(3)9-11/h11,14,17H,4-9H2,1-3H3,(H,15,16). The van der Waals surface area contributed by atoms with Crippen molar-refractivity contribution in [3.8, 4) is 0 Å². The third-order valence-corrected chi connectivity index (χ3v) is 5.28. The summed E-state index contributed by atoms with van der Waals surface area (Å²) in [6, 6.07) is -0.0438. The van der Waals surface area contributed by atoms with Crippen molar-refractivity contribution in [2.75, 3.05) is 26.7 Å². The van der Waals surface area contributed by atoms with E-state index >= 15 is 0 Å². The smallest absolute Gasteiger partial charge is 0.260 e. The molecule has 1 unspecified atom stereocenters. The van der Waals surface area contributed by atoms with E-state index in [-0.39, 0.29) is 11.1 Å². The van der Waals surface area contributed by atoms with Gasteiger partial charge in [0.05, 0.1) is 0 Å². The van der Waals surface area contributed by atoms with E-state index in [1.54, 1.807) is 0 Å². The number of aromatic amines is 1. The molecule has 0 amide bonds. The van der Waals surface area contributed by atoms with Crippen LogP contribution in [0.4, 0.5) is 0 Å². The van der Waals surface area contributed by atoms with Crippen molar-refractivity contribution in [1.29, 1.82) is 0 Å². The fourth-order valence-electron chi connectivity index (χ4n) is 2.65. The Morgan fingerprint density at radius 1 is 1.48 bits per heavy atom. The Bertz CT molecular complexity index is 569. The fraction of sp³-hybridized carbons (Fsp3) is 0.769. The fourth-order valence-corrected chi connectivity index (χ4v) is 4.11. The van der Waals surface area contributed by atoms with Crippen molar-refractivity contribution < 1.29 is 8.42 Å². The molecular formula is C13H25N5O2S. The lowest BCUT2D eigenvalue weighted by Gasteiger charge is -2.29. The van der Waals surface area contributed by atoms with E-state index in [2.05, 4.69) is 25.1 Å². The lowest BCUT2D eigenvalue weighted by molar-refractivity contribution is 0.242. The number of aromatic nitrogens is 2. The van der Waals surface area contributed by atoms with E-state index in [1.165, 1.54) is 0 Å². The molecule has 21 heavy (non-hydrogen) atoms. The Hall–Kier alpha value is -0.960. The molecule has 1 fully saturated rings. The molecule has 1 aromatic heterocycles. The summed E-state index contributed by atoms with van der Waals surface area (Å²) in [5.74, 6) is 0. The summed E-state index contributed by atoms with van der Waals surface area (Å²) in [5, 5.41) is 10.0. The first kappa shape index (κ1) is 16.4. The topological polar surface area (TPSA) is 90.1 Å². The molecule has 0 saturated carbocycles. The summed E-state index contributed by atoms with van der Waals surface area (Å²) in [5.41, 5.74) is 1.51. The van der Waals surface area contributed by atoms with Gasteiger partial charge in [-0.3, -0.25) is 5.10 Å². The van der Waals surface area contributed by atoms with Gasteiger partial charge in [-0.25, -0.2) is 13.1 Å². The summed E-state index contributed by atoms with van der Waals surface area (Å²) in [4.78, 5) is 2.14. The molecular weight excluding hydrogens is 290 g/mol. The largest absolute Gasteiger partial charge is 0.313 e. The predicted molar refractivity (Wildman–Crippen MR) is 81.5 cm³/mol. The van der Waals surface area contributed by atoms with Crippen molar-refractivity contribution in [1.82, 2.24) is 25.1 Å². The number of H-pyrrole nitrogens is 1. The molecule has 2 rings (SSSR count). The summed E-state index contributed by atoms with van der Waals surface area (Å²) >= 11 is 0. The molecule has 1 aliphatic rings. The molecule has 3 N–H and O–H groups in total. The maximum atomic E-state index is 12.6. The SMILES string of the molecule is CCNCc1c(S(=O)(=O)NC2CCCN(C)C2)n[nH]c1C. The number of sulfonamides is 1. The summed E-state index contributed by atoms with van der Waals surface area (Å²) in [7, 11) is -1.57. The van der Waals surface area contributed by atoms with Gasteiger partial charge in [0, 0.05) is 30.4 Å². The number of aryl methyl sites for hydroxylation is 1. The second kappa shape index (κ2) is 6.87. The number of hydrogen-bond donors (Lipinski definition) is 3. The first-order valence-electron chi connectivity index (χ1n) is 7.39. The van der Waals surface area contributed by atoms with Crippen molar-refractivity contribution in [2.45, 2.75) is 44.3 Å². The van der Waals surface area contributed by atoms with E-state index < -0.39 is 10.0 Å². The van der Waals surface area contributed by atoms with Crippen LogP contribution in [0.2, 0.25) is 0 Å². The Labute approximate surface area is 126 Å². The molecule has 1 aromatic rings. The summed E-state index contributed by atoms with van der Waals surface area (Å²) in [6.07, 6.45) is 1.88. The van der Waals surface area contributed by atoms with Crippen LogP contribution in [0.15, 0.2) is 5.03 Å². The van der Waals surface area contributed by atoms with Crippen LogP contribution >= 0.6 is 0 Å². The molecule has 120 valence electrons. The molecule has 0 bridgehead atoms. The molecule has 8 heteroatoms. The average molecular weight is 315 g/mol. The van der Waals surface area contributed by atoms with Gasteiger partial charge in [0.2, 0.25) is 0 Å². The number of rotatable bonds is 6. The molecule has 2 heterocycles. The minimum atomic E-state index is -3.58. The number of piperidine rings is 1. The van der Waals surface area contributed by atoms with Crippen LogP contribution in [0.3, 0.4) is 0 Å². The van der Waals surface area contributed by atoms with Crippen molar-refractivity contribution in [3.63, 3.8) is 0 Å². The molecule has 1 atom stereocenters. The van der Waals surface area contributed by atoms with E-state index in [4.69, 9.17) is 0 Å². The summed E-state index contributed by atoms with van der Waals surface area (Å²) in [6.45, 7) is 6.87. The quantitative estimate of drug-likeness (QED) is 0.698. The third kappa shape index (κ3) is 4.03. The van der Waals surface area contributed by atoms with Crippen LogP contribution < -0.4 is 10.0 Å². The van der Waals surface area contributed by atoms with Gasteiger partial charge in [-0.15, -0.1) is 0 Å². The number of nitrogens with zero attached hydrogens (tertiary/aromatic N) is 2. The molecule has 0 radical (unpaired) electrons. The number of nitrogens with one attached hydrogen (secondary N) is 3. The molecule has 1 saturated heterocycles. The monoisotopic (exact) mass is 315 g/mol. The van der Waals surface area contributed by atoms with Crippen molar-refractivity contribution in [2.24, 2.45) is 0 Å². The summed E-state index contributed by atoms with van der Waals surface area (Å²) < 4.78 is 27.9. The average Bonchev–Trinajstić information content (AvgIpc) is 2.78. The van der Waals surface area contributed by atoms with Gasteiger partial charge < -0.3 is 10.2 Å². The Kier molecular flexibility index (Phi) is 5.37. The second-order valence-corrected chi connectivity index (χ2v) is 7.26. The predicted octanol–water partition coefficient (Wildman–Crippen LogP) is 0.200. The van der Waals surface area contributed by atoms with Crippen LogP contribution in [-0.4, -0.2) is 56.2 Å². The van der Waals surface area contributed by atoms with E-state index in [1.807, 2.05) is 20.9 Å². The zero-order valence-corrected chi connectivity index (χ0v) is 13.8. The number of likely N-dealkylation sites (tertiary alicyclic amines) is 1. The first-order valence-corrected chi connectivity index (χ1v) is 8.87. The molecule has 0 aromatic carbocycles. The van der Waals surface area contributed by atoms with Gasteiger partial charge in [0.25, 0.3) is 10.0 Å². The van der Waals surface area contributed by atoms with Gasteiger partial charge in [-0.2, -0.15) is 5.10 Å². The van der Waals surface area contributed by atoms with Crippen molar-refractivity contribution >= 4 is 10.0 Å². The van der Waals surface area contributed by atoms with Crippen LogP contribution in [0.25, 0.3) is 0 Å². The van der Waals surface area contributed by atoms with Gasteiger partial charge >= 0.3 is 0 Å². The van der Waals surface area contributed by atoms with Gasteiger partial charge in [-0.1, -0.05) is 6.92 Å². The van der Waals surface area contributed by atoms with E-state index in [9.17, 15) is 8.42 Å². The molecule has 1 aliphatic heterocycles. The minimum absolute atomic E-state index is 0.0438. The maximum Gasteiger partial charge on any atom is 0.260 e. The molecule has 0 spiro atoms. The van der Waals surface area contributed by atoms with Gasteiger partial charge in [-0.05, 0) is 39.9 Å². The van der Waals surface area contributed by atoms with Gasteiger partial charge in [0.1, 0.15) is 0 Å². The Morgan fingerprint density at radius 2 is 2.24 bits per heavy atom. The normalized spacial score (nSPS) is 20.8. The highest BCUT2D eigenvalue weighted by atomic mass is 32.2. The lowest BCUT2D eigenvalue weighted by atomic mass is 10.1. The minimum Gasteiger partial charge on any atom is -0.313 e. The van der Waals surface area contributed by atoms with Crippen LogP contribution in [0, 0.1) is 6.92 Å². The lowest BCUT2D eigenvalue weighted by Crippen LogP contribution is -2.46. The highest BCUT2D eigenvalue weighted by Crippen LogP contribution is 2.18. The second-order valence-electron chi connectivity index (χ2n) is 5.64. The zero-order chi connectivity index (χ0) is 15.5. The number of likely N-dealkylation sites (N-methyl/N-ethyl adjacent to an activating group) is 1. The third-order valence-electron chi connectivity index (χ3n) is 3.79. The zero-order valence-electron chi connectivity index (χ0n) is 12.9. The highest BCUT2D eigenvalue weighted by Gasteiger charge is 2.28. The van der Waals surface area contributed by atoms with E-state index in [0.29, 0.717) is 12.1 Å². The van der Waals surface area contributed by atoms with Crippen LogP contribution in [0.1, 0.15) is 31.0 Å². The Morgan fingerprint density at radius 3 is 2.90 bits per heavy atom. The molecule has 0 aliphatic carbocycles. The first-order chi connectivity index (χ1) is 9.94. The van der Waals surface area contributed by atoms with Gasteiger partial charge in [0.15, 0.2) is 5.03 Å². The van der Waals surface area contributed by atoms with Crippen LogP contribution in [0.5, 0.6) is 0 Å². The van der Waals surface area contributed by atoms with E-state index in [0.717, 1.165) is 38.2 Å². The Balaban J connectivity index is 2.15. The van der Waals surface area contributed by atoms with Crippen LogP contribution in [-0.2, 0) is 16.6 Å². The molecule has 7 nitrogen and oxygen atoms in total. The highest BCUT2D eigenvalue weighted by molar-refractivity contribution is 7.89.